The van der Waals surface area contributed by atoms with Crippen molar-refractivity contribution >= 4 is 11.3 Å². The van der Waals surface area contributed by atoms with Crippen LogP contribution in [0.3, 0.4) is 0 Å². The van der Waals surface area contributed by atoms with Crippen LogP contribution in [0.15, 0.2) is 11.4 Å². The van der Waals surface area contributed by atoms with Crippen molar-refractivity contribution in [2.24, 2.45) is 0 Å². The van der Waals surface area contributed by atoms with Crippen molar-refractivity contribution in [3.8, 4) is 0 Å². The van der Waals surface area contributed by atoms with Crippen molar-refractivity contribution < 1.29 is 0 Å². The lowest BCUT2D eigenvalue weighted by Crippen LogP contribution is -2.17. The second kappa shape index (κ2) is 2.95. The highest BCUT2D eigenvalue weighted by Crippen LogP contribution is 2.34. The zero-order valence-electron chi connectivity index (χ0n) is 6.76. The summed E-state index contributed by atoms with van der Waals surface area (Å²) in [5.41, 5.74) is 1.55. The van der Waals surface area contributed by atoms with E-state index < -0.39 is 0 Å². The summed E-state index contributed by atoms with van der Waals surface area (Å²) in [7, 11) is 0. The molecule has 1 aliphatic carbocycles. The standard InChI is InChI=1S/C9H13NS/c1-2-10-8-3-4-9-7(8)5-6-11-9/h5-6,8,10H,2-4H2,1H3. The Morgan fingerprint density at radius 3 is 3.45 bits per heavy atom. The summed E-state index contributed by atoms with van der Waals surface area (Å²) in [6.45, 7) is 3.25. The molecule has 0 spiro atoms. The molecule has 0 aliphatic heterocycles. The van der Waals surface area contributed by atoms with Crippen LogP contribution in [0.25, 0.3) is 0 Å². The molecule has 60 valence electrons. The maximum absolute atomic E-state index is 3.49. The van der Waals surface area contributed by atoms with E-state index in [-0.39, 0.29) is 0 Å². The molecule has 1 aromatic rings. The third kappa shape index (κ3) is 1.21. The monoisotopic (exact) mass is 167 g/mol. The van der Waals surface area contributed by atoms with Gasteiger partial charge < -0.3 is 5.32 Å². The summed E-state index contributed by atoms with van der Waals surface area (Å²) in [6.07, 6.45) is 2.58. The highest BCUT2D eigenvalue weighted by Gasteiger charge is 2.21. The first-order valence-corrected chi connectivity index (χ1v) is 5.09. The summed E-state index contributed by atoms with van der Waals surface area (Å²) < 4.78 is 0. The fourth-order valence-corrected chi connectivity index (χ4v) is 2.71. The molecule has 2 heteroatoms. The first-order chi connectivity index (χ1) is 5.42. The number of hydrogen-bond acceptors (Lipinski definition) is 2. The number of nitrogens with one attached hydrogen (secondary N) is 1. The Hall–Kier alpha value is -0.340. The van der Waals surface area contributed by atoms with Crippen LogP contribution in [0, 0.1) is 0 Å². The first-order valence-electron chi connectivity index (χ1n) is 4.21. The summed E-state index contributed by atoms with van der Waals surface area (Å²) in [5, 5.41) is 5.70. The van der Waals surface area contributed by atoms with E-state index >= 15 is 0 Å². The van der Waals surface area contributed by atoms with E-state index in [1.54, 1.807) is 10.4 Å². The third-order valence-electron chi connectivity index (χ3n) is 2.27. The van der Waals surface area contributed by atoms with Crippen LogP contribution >= 0.6 is 11.3 Å². The molecule has 1 N–H and O–H groups in total. The maximum Gasteiger partial charge on any atom is 0.0334 e. The largest absolute Gasteiger partial charge is 0.310 e. The predicted molar refractivity (Wildman–Crippen MR) is 49.1 cm³/mol. The molecule has 1 nitrogen and oxygen atoms in total. The van der Waals surface area contributed by atoms with E-state index in [2.05, 4.69) is 23.7 Å². The molecule has 0 saturated carbocycles. The minimum atomic E-state index is 0.654. The normalized spacial score (nSPS) is 22.1. The van der Waals surface area contributed by atoms with E-state index in [0.717, 1.165) is 6.54 Å². The molecule has 1 aromatic heterocycles. The van der Waals surface area contributed by atoms with Gasteiger partial charge in [-0.2, -0.15) is 0 Å². The average Bonchev–Trinajstić information content (AvgIpc) is 2.53. The Bertz CT molecular complexity index is 241. The van der Waals surface area contributed by atoms with E-state index in [1.165, 1.54) is 12.8 Å². The minimum Gasteiger partial charge on any atom is -0.310 e. The van der Waals surface area contributed by atoms with Gasteiger partial charge in [-0.3, -0.25) is 0 Å². The highest BCUT2D eigenvalue weighted by molar-refractivity contribution is 7.10. The molecule has 0 amide bonds. The Morgan fingerprint density at radius 1 is 1.73 bits per heavy atom. The summed E-state index contributed by atoms with van der Waals surface area (Å²) in [6, 6.07) is 2.92. The van der Waals surface area contributed by atoms with Gasteiger partial charge >= 0.3 is 0 Å². The smallest absolute Gasteiger partial charge is 0.0334 e. The molecule has 0 saturated heterocycles. The van der Waals surface area contributed by atoms with Crippen LogP contribution in [0.2, 0.25) is 0 Å². The summed E-state index contributed by atoms with van der Waals surface area (Å²) in [5.74, 6) is 0. The summed E-state index contributed by atoms with van der Waals surface area (Å²) in [4.78, 5) is 1.59. The summed E-state index contributed by atoms with van der Waals surface area (Å²) >= 11 is 1.90. The van der Waals surface area contributed by atoms with Gasteiger partial charge in [0.15, 0.2) is 0 Å². The van der Waals surface area contributed by atoms with Gasteiger partial charge in [0.05, 0.1) is 0 Å². The first kappa shape index (κ1) is 7.32. The van der Waals surface area contributed by atoms with E-state index in [4.69, 9.17) is 0 Å². The molecule has 0 aromatic carbocycles. The van der Waals surface area contributed by atoms with Crippen molar-refractivity contribution in [1.82, 2.24) is 5.32 Å². The van der Waals surface area contributed by atoms with Gasteiger partial charge in [0.25, 0.3) is 0 Å². The molecule has 1 aliphatic rings. The maximum atomic E-state index is 3.49. The van der Waals surface area contributed by atoms with Gasteiger partial charge in [0.1, 0.15) is 0 Å². The zero-order chi connectivity index (χ0) is 7.68. The highest BCUT2D eigenvalue weighted by atomic mass is 32.1. The lowest BCUT2D eigenvalue weighted by molar-refractivity contribution is 0.549. The fraction of sp³-hybridized carbons (Fsp3) is 0.556. The number of fused-ring (bicyclic) bond motifs is 1. The van der Waals surface area contributed by atoms with Crippen LogP contribution in [0.1, 0.15) is 29.8 Å². The van der Waals surface area contributed by atoms with Gasteiger partial charge in [0, 0.05) is 10.9 Å². The number of rotatable bonds is 2. The van der Waals surface area contributed by atoms with Crippen LogP contribution in [0.4, 0.5) is 0 Å². The third-order valence-corrected chi connectivity index (χ3v) is 3.26. The quantitative estimate of drug-likeness (QED) is 0.713. The number of aryl methyl sites for hydroxylation is 1. The molecule has 0 bridgehead atoms. The Morgan fingerprint density at radius 2 is 2.64 bits per heavy atom. The molecular weight excluding hydrogens is 154 g/mol. The van der Waals surface area contributed by atoms with Crippen molar-refractivity contribution in [2.75, 3.05) is 6.54 Å². The molecular formula is C9H13NS. The van der Waals surface area contributed by atoms with Gasteiger partial charge in [-0.15, -0.1) is 11.3 Å². The molecule has 2 rings (SSSR count). The molecule has 1 unspecified atom stereocenters. The number of thiophene rings is 1. The van der Waals surface area contributed by atoms with E-state index in [1.807, 2.05) is 11.3 Å². The lowest BCUT2D eigenvalue weighted by atomic mass is 10.2. The number of hydrogen-bond donors (Lipinski definition) is 1. The SMILES string of the molecule is CCNC1CCc2sccc21. The lowest BCUT2D eigenvalue weighted by Gasteiger charge is -2.09. The molecule has 1 heterocycles. The second-order valence-corrected chi connectivity index (χ2v) is 3.95. The van der Waals surface area contributed by atoms with Crippen molar-refractivity contribution in [3.63, 3.8) is 0 Å². The second-order valence-electron chi connectivity index (χ2n) is 2.95. The Balaban J connectivity index is 2.18. The molecule has 11 heavy (non-hydrogen) atoms. The van der Waals surface area contributed by atoms with Crippen LogP contribution < -0.4 is 5.32 Å². The van der Waals surface area contributed by atoms with Crippen molar-refractivity contribution in [2.45, 2.75) is 25.8 Å². The minimum absolute atomic E-state index is 0.654. The predicted octanol–water partition coefficient (Wildman–Crippen LogP) is 2.34. The van der Waals surface area contributed by atoms with Gasteiger partial charge in [-0.05, 0) is 36.4 Å². The van der Waals surface area contributed by atoms with Gasteiger partial charge in [-0.1, -0.05) is 6.92 Å². The van der Waals surface area contributed by atoms with Crippen LogP contribution in [-0.4, -0.2) is 6.54 Å². The van der Waals surface area contributed by atoms with Crippen LogP contribution in [-0.2, 0) is 6.42 Å². The molecule has 0 fully saturated rings. The molecule has 0 radical (unpaired) electrons. The van der Waals surface area contributed by atoms with Crippen molar-refractivity contribution in [1.29, 1.82) is 0 Å². The fourth-order valence-electron chi connectivity index (χ4n) is 1.75. The zero-order valence-corrected chi connectivity index (χ0v) is 7.58. The molecule has 1 atom stereocenters. The average molecular weight is 167 g/mol. The van der Waals surface area contributed by atoms with Gasteiger partial charge in [-0.25, -0.2) is 0 Å². The van der Waals surface area contributed by atoms with E-state index in [0.29, 0.717) is 6.04 Å². The van der Waals surface area contributed by atoms with Crippen molar-refractivity contribution in [3.05, 3.63) is 21.9 Å². The van der Waals surface area contributed by atoms with Crippen LogP contribution in [0.5, 0.6) is 0 Å². The Kier molecular flexibility index (Phi) is 1.96. The van der Waals surface area contributed by atoms with E-state index in [9.17, 15) is 0 Å². The topological polar surface area (TPSA) is 12.0 Å². The Labute approximate surface area is 71.4 Å². The van der Waals surface area contributed by atoms with Gasteiger partial charge in [0.2, 0.25) is 0 Å².